The van der Waals surface area contributed by atoms with E-state index in [1.165, 1.54) is 26.4 Å². The number of hydrazone groups is 1. The van der Waals surface area contributed by atoms with Crippen molar-refractivity contribution in [1.82, 2.24) is 5.43 Å². The lowest BCUT2D eigenvalue weighted by Gasteiger charge is -2.10. The van der Waals surface area contributed by atoms with Gasteiger partial charge in [0.25, 0.3) is 5.69 Å². The van der Waals surface area contributed by atoms with Crippen molar-refractivity contribution in [1.29, 1.82) is 0 Å². The number of carbonyl (C=O) groups is 1. The summed E-state index contributed by atoms with van der Waals surface area (Å²) in [5.41, 5.74) is 2.36. The first-order valence-corrected chi connectivity index (χ1v) is 6.73. The SMILES string of the molecule is CCCC=NNC(=O)Cc1cc(OC)c(OC)cc1[N+](=O)[O-]. The number of methoxy groups -OCH3 is 2. The maximum absolute atomic E-state index is 11.8. The molecule has 0 spiro atoms. The van der Waals surface area contributed by atoms with Gasteiger partial charge in [0.15, 0.2) is 11.5 Å². The molecule has 8 heteroatoms. The van der Waals surface area contributed by atoms with Gasteiger partial charge in [0.2, 0.25) is 5.91 Å². The number of nitro benzene ring substituents is 1. The smallest absolute Gasteiger partial charge is 0.277 e. The highest BCUT2D eigenvalue weighted by Gasteiger charge is 2.21. The molecule has 0 saturated carbocycles. The number of benzene rings is 1. The molecule has 1 rings (SSSR count). The van der Waals surface area contributed by atoms with Crippen LogP contribution >= 0.6 is 0 Å². The molecule has 1 amide bonds. The van der Waals surface area contributed by atoms with E-state index in [1.54, 1.807) is 6.21 Å². The van der Waals surface area contributed by atoms with Crippen molar-refractivity contribution >= 4 is 17.8 Å². The molecule has 0 unspecified atom stereocenters. The van der Waals surface area contributed by atoms with Crippen molar-refractivity contribution < 1.29 is 19.2 Å². The summed E-state index contributed by atoms with van der Waals surface area (Å²) in [6.45, 7) is 1.99. The van der Waals surface area contributed by atoms with E-state index in [4.69, 9.17) is 9.47 Å². The number of nitrogens with one attached hydrogen (secondary N) is 1. The summed E-state index contributed by atoms with van der Waals surface area (Å²) < 4.78 is 10.1. The maximum atomic E-state index is 11.8. The molecule has 22 heavy (non-hydrogen) atoms. The van der Waals surface area contributed by atoms with Crippen molar-refractivity contribution in [3.8, 4) is 11.5 Å². The van der Waals surface area contributed by atoms with Crippen molar-refractivity contribution in [3.63, 3.8) is 0 Å². The second kappa shape index (κ2) is 8.60. The lowest BCUT2D eigenvalue weighted by molar-refractivity contribution is -0.385. The summed E-state index contributed by atoms with van der Waals surface area (Å²) in [6, 6.07) is 2.66. The average Bonchev–Trinajstić information content (AvgIpc) is 2.50. The molecule has 0 bridgehead atoms. The third-order valence-electron chi connectivity index (χ3n) is 2.83. The second-order valence-corrected chi connectivity index (χ2v) is 4.41. The van der Waals surface area contributed by atoms with Crippen LogP contribution in [0, 0.1) is 10.1 Å². The van der Waals surface area contributed by atoms with Crippen LogP contribution in [0.4, 0.5) is 5.69 Å². The average molecular weight is 309 g/mol. The molecule has 1 N–H and O–H groups in total. The lowest BCUT2D eigenvalue weighted by atomic mass is 10.1. The van der Waals surface area contributed by atoms with E-state index in [-0.39, 0.29) is 23.4 Å². The van der Waals surface area contributed by atoms with Crippen LogP contribution in [0.5, 0.6) is 11.5 Å². The standard InChI is InChI=1S/C14H19N3O5/c1-4-5-6-15-16-14(18)8-10-7-12(21-2)13(22-3)9-11(10)17(19)20/h6-7,9H,4-5,8H2,1-3H3,(H,16,18). The van der Waals surface area contributed by atoms with Crippen LogP contribution < -0.4 is 14.9 Å². The van der Waals surface area contributed by atoms with Crippen LogP contribution in [0.3, 0.4) is 0 Å². The first kappa shape index (κ1) is 17.4. The Hall–Kier alpha value is -2.64. The van der Waals surface area contributed by atoms with Gasteiger partial charge in [0, 0.05) is 11.8 Å². The van der Waals surface area contributed by atoms with Gasteiger partial charge in [-0.25, -0.2) is 5.43 Å². The van der Waals surface area contributed by atoms with E-state index in [2.05, 4.69) is 10.5 Å². The number of rotatable bonds is 8. The van der Waals surface area contributed by atoms with Crippen LogP contribution in [0.1, 0.15) is 25.3 Å². The van der Waals surface area contributed by atoms with Gasteiger partial charge in [-0.3, -0.25) is 14.9 Å². The number of nitrogens with zero attached hydrogens (tertiary/aromatic N) is 2. The van der Waals surface area contributed by atoms with Crippen LogP contribution in [0.15, 0.2) is 17.2 Å². The van der Waals surface area contributed by atoms with Crippen LogP contribution in [-0.4, -0.2) is 31.3 Å². The van der Waals surface area contributed by atoms with Crippen LogP contribution in [0.2, 0.25) is 0 Å². The lowest BCUT2D eigenvalue weighted by Crippen LogP contribution is -2.20. The number of ether oxygens (including phenoxy) is 2. The quantitative estimate of drug-likeness (QED) is 0.450. The fourth-order valence-electron chi connectivity index (χ4n) is 1.75. The number of unbranched alkanes of at least 4 members (excludes halogenated alkanes) is 1. The van der Waals surface area contributed by atoms with Gasteiger partial charge >= 0.3 is 0 Å². The summed E-state index contributed by atoms with van der Waals surface area (Å²) in [4.78, 5) is 22.3. The fourth-order valence-corrected chi connectivity index (χ4v) is 1.75. The fraction of sp³-hybridized carbons (Fsp3) is 0.429. The molecule has 0 aromatic heterocycles. The molecular formula is C14H19N3O5. The molecule has 0 atom stereocenters. The number of hydrogen-bond donors (Lipinski definition) is 1. The molecule has 1 aromatic carbocycles. The molecule has 0 aliphatic carbocycles. The molecular weight excluding hydrogens is 290 g/mol. The Balaban J connectivity index is 2.97. The largest absolute Gasteiger partial charge is 0.493 e. The zero-order chi connectivity index (χ0) is 16.5. The Kier molecular flexibility index (Phi) is 6.81. The normalized spacial score (nSPS) is 10.5. The molecule has 0 aliphatic heterocycles. The summed E-state index contributed by atoms with van der Waals surface area (Å²) in [5.74, 6) is 0.118. The van der Waals surface area contributed by atoms with Gasteiger partial charge < -0.3 is 9.47 Å². The number of amides is 1. The van der Waals surface area contributed by atoms with Gasteiger partial charge in [-0.05, 0) is 12.5 Å². The minimum absolute atomic E-state index is 0.180. The monoisotopic (exact) mass is 309 g/mol. The molecule has 0 radical (unpaired) electrons. The molecule has 8 nitrogen and oxygen atoms in total. The van der Waals surface area contributed by atoms with E-state index in [0.717, 1.165) is 12.8 Å². The van der Waals surface area contributed by atoms with Crippen LogP contribution in [0.25, 0.3) is 0 Å². The first-order chi connectivity index (χ1) is 10.5. The highest BCUT2D eigenvalue weighted by atomic mass is 16.6. The second-order valence-electron chi connectivity index (χ2n) is 4.41. The molecule has 0 fully saturated rings. The molecule has 120 valence electrons. The zero-order valence-electron chi connectivity index (χ0n) is 12.8. The van der Waals surface area contributed by atoms with Gasteiger partial charge in [-0.15, -0.1) is 0 Å². The molecule has 0 aliphatic rings. The van der Waals surface area contributed by atoms with E-state index >= 15 is 0 Å². The van der Waals surface area contributed by atoms with E-state index < -0.39 is 10.8 Å². The molecule has 0 heterocycles. The molecule has 0 saturated heterocycles. The predicted molar refractivity (Wildman–Crippen MR) is 81.4 cm³/mol. The molecule has 1 aromatic rings. The Morgan fingerprint density at radius 3 is 2.55 bits per heavy atom. The topological polar surface area (TPSA) is 103 Å². The van der Waals surface area contributed by atoms with E-state index in [9.17, 15) is 14.9 Å². The van der Waals surface area contributed by atoms with E-state index in [0.29, 0.717) is 5.75 Å². The minimum Gasteiger partial charge on any atom is -0.493 e. The first-order valence-electron chi connectivity index (χ1n) is 6.73. The number of hydrogen-bond acceptors (Lipinski definition) is 6. The van der Waals surface area contributed by atoms with Crippen molar-refractivity contribution in [2.45, 2.75) is 26.2 Å². The maximum Gasteiger partial charge on any atom is 0.277 e. The van der Waals surface area contributed by atoms with Gasteiger partial charge in [0.05, 0.1) is 31.6 Å². The van der Waals surface area contributed by atoms with Crippen LogP contribution in [-0.2, 0) is 11.2 Å². The summed E-state index contributed by atoms with van der Waals surface area (Å²) in [6.07, 6.45) is 3.07. The van der Waals surface area contributed by atoms with Gasteiger partial charge in [0.1, 0.15) is 0 Å². The number of carbonyl (C=O) groups excluding carboxylic acids is 1. The van der Waals surface area contributed by atoms with Crippen molar-refractivity contribution in [3.05, 3.63) is 27.8 Å². The van der Waals surface area contributed by atoms with Crippen molar-refractivity contribution in [2.24, 2.45) is 5.10 Å². The van der Waals surface area contributed by atoms with Crippen molar-refractivity contribution in [2.75, 3.05) is 14.2 Å². The Morgan fingerprint density at radius 1 is 1.36 bits per heavy atom. The predicted octanol–water partition coefficient (Wildman–Crippen LogP) is 2.06. The van der Waals surface area contributed by atoms with Gasteiger partial charge in [-0.2, -0.15) is 5.10 Å². The third kappa shape index (κ3) is 4.72. The third-order valence-corrected chi connectivity index (χ3v) is 2.83. The summed E-state index contributed by atoms with van der Waals surface area (Å²) in [7, 11) is 2.80. The minimum atomic E-state index is -0.565. The highest BCUT2D eigenvalue weighted by molar-refractivity contribution is 5.80. The zero-order valence-corrected chi connectivity index (χ0v) is 12.8. The number of nitro groups is 1. The summed E-state index contributed by atoms with van der Waals surface area (Å²) in [5, 5.41) is 14.9. The summed E-state index contributed by atoms with van der Waals surface area (Å²) >= 11 is 0. The van der Waals surface area contributed by atoms with Gasteiger partial charge in [-0.1, -0.05) is 13.3 Å². The Morgan fingerprint density at radius 2 is 2.00 bits per heavy atom. The van der Waals surface area contributed by atoms with E-state index in [1.807, 2.05) is 6.92 Å². The highest BCUT2D eigenvalue weighted by Crippen LogP contribution is 2.34. The Bertz CT molecular complexity index is 572. The Labute approximate surface area is 128 Å².